The summed E-state index contributed by atoms with van der Waals surface area (Å²) in [4.78, 5) is 0. The smallest absolute Gasteiger partial charge is 0.907 e. The fraction of sp³-hybridized carbons (Fsp3) is 0. The second-order valence-electron chi connectivity index (χ2n) is 1.15. The van der Waals surface area contributed by atoms with E-state index < -0.39 is 29.3 Å². The molecule has 0 fully saturated rings. The summed E-state index contributed by atoms with van der Waals surface area (Å²) in [7, 11) is -11.7. The van der Waals surface area contributed by atoms with E-state index in [-0.39, 0.29) is 393 Å². The van der Waals surface area contributed by atoms with Gasteiger partial charge in [-0.05, 0) is 0 Å². The molecule has 0 aromatic rings. The average Bonchev–Trinajstić information content (AvgIpc) is 1.76. The van der Waals surface area contributed by atoms with Crippen molar-refractivity contribution in [2.24, 2.45) is 0 Å². The molecular formula is H14B4Na12O19. The second kappa shape index (κ2) is 163. The topological polar surface area (TPSA) is 497 Å². The monoisotopic (exact) mass is 638 g/mol. The van der Waals surface area contributed by atoms with Crippen molar-refractivity contribution in [3.05, 3.63) is 0 Å². The first-order chi connectivity index (χ1) is 6.93. The molecule has 19 nitrogen and oxygen atoms in total. The standard InChI is InChI=1S/4BO3.12Na.7H2O/c4*2-1(3)4;;;;;;;;;;;;;;;;;;;/h;;;;;;;;;;;;;;;;7*1H2/q4*-3;12*+1;;;;;;;. The van der Waals surface area contributed by atoms with E-state index >= 15 is 0 Å². The minimum absolute atomic E-state index is 0. The van der Waals surface area contributed by atoms with Crippen molar-refractivity contribution in [2.75, 3.05) is 0 Å². The first kappa shape index (κ1) is 174. The molecule has 0 heterocycles. The van der Waals surface area contributed by atoms with Crippen LogP contribution >= 0.6 is 0 Å². The number of hydrogen-bond acceptors (Lipinski definition) is 12. The van der Waals surface area contributed by atoms with Crippen LogP contribution in [0.4, 0.5) is 0 Å². The third kappa shape index (κ3) is 651. The Labute approximate surface area is 470 Å². The molecule has 35 heavy (non-hydrogen) atoms. The van der Waals surface area contributed by atoms with Gasteiger partial charge in [-0.2, -0.15) is 0 Å². The van der Waals surface area contributed by atoms with Crippen molar-refractivity contribution in [1.29, 1.82) is 0 Å². The van der Waals surface area contributed by atoms with Gasteiger partial charge in [0.25, 0.3) is 0 Å². The third-order valence-corrected chi connectivity index (χ3v) is 0. The van der Waals surface area contributed by atoms with E-state index in [2.05, 4.69) is 0 Å². The van der Waals surface area contributed by atoms with Crippen LogP contribution in [-0.2, 0) is 0 Å². The quantitative estimate of drug-likeness (QED) is 0.223. The van der Waals surface area contributed by atoms with E-state index in [0.717, 1.165) is 0 Å². The predicted molar refractivity (Wildman–Crippen MR) is 48.3 cm³/mol. The Bertz CT molecular complexity index is 90.8. The van der Waals surface area contributed by atoms with E-state index in [0.29, 0.717) is 0 Å². The third-order valence-electron chi connectivity index (χ3n) is 0. The van der Waals surface area contributed by atoms with Crippen LogP contribution in [0.15, 0.2) is 0 Å². The zero-order valence-corrected chi connectivity index (χ0v) is 46.7. The Kier molecular flexibility index (Phi) is 813. The van der Waals surface area contributed by atoms with Gasteiger partial charge < -0.3 is 98.6 Å². The van der Waals surface area contributed by atoms with Crippen LogP contribution in [0.25, 0.3) is 0 Å². The molecule has 0 aromatic carbocycles. The number of rotatable bonds is 0. The van der Waals surface area contributed by atoms with Gasteiger partial charge in [0.05, 0.1) is 0 Å². The van der Waals surface area contributed by atoms with Crippen LogP contribution in [-0.4, -0.2) is 67.6 Å². The number of hydrogen-bond donors (Lipinski definition) is 0. The second-order valence-corrected chi connectivity index (χ2v) is 1.15. The summed E-state index contributed by atoms with van der Waals surface area (Å²) in [6.07, 6.45) is 0. The van der Waals surface area contributed by atoms with E-state index in [1.807, 2.05) is 0 Å². The molecule has 0 amide bonds. The predicted octanol–water partition coefficient (Wildman–Crippen LogP) is -57.5. The average molecular weight is 637 g/mol. The Balaban J connectivity index is -0.00000000221. The molecule has 0 aromatic heterocycles. The minimum Gasteiger partial charge on any atom is -0.907 e. The summed E-state index contributed by atoms with van der Waals surface area (Å²) in [5.41, 5.74) is 0. The fourth-order valence-corrected chi connectivity index (χ4v) is 0. The molecule has 0 bridgehead atoms. The molecule has 0 spiro atoms. The minimum atomic E-state index is -2.92. The van der Waals surface area contributed by atoms with Crippen LogP contribution in [0.2, 0.25) is 0 Å². The summed E-state index contributed by atoms with van der Waals surface area (Å²) in [6, 6.07) is 0. The molecule has 35 heteroatoms. The zero-order chi connectivity index (χ0) is 14.3. The van der Waals surface area contributed by atoms with Crippen LogP contribution in [0.3, 0.4) is 0 Å². The molecule has 0 aliphatic carbocycles. The van der Waals surface area contributed by atoms with Crippen molar-refractivity contribution < 1.29 is 453 Å². The van der Waals surface area contributed by atoms with E-state index in [4.69, 9.17) is 60.3 Å². The Morgan fingerprint density at radius 2 is 0.171 bits per heavy atom. The Morgan fingerprint density at radius 3 is 0.171 bits per heavy atom. The summed E-state index contributed by atoms with van der Waals surface area (Å²) < 4.78 is 0. The van der Waals surface area contributed by atoms with E-state index in [1.165, 1.54) is 0 Å². The van der Waals surface area contributed by atoms with Crippen LogP contribution < -0.4 is 415 Å². The molecule has 0 rings (SSSR count). The fourth-order valence-electron chi connectivity index (χ4n) is 0. The van der Waals surface area contributed by atoms with Crippen LogP contribution in [0.5, 0.6) is 0 Å². The first-order valence-electron chi connectivity index (χ1n) is 2.83. The zero-order valence-electron chi connectivity index (χ0n) is 22.7. The summed E-state index contributed by atoms with van der Waals surface area (Å²) in [6.45, 7) is 0. The van der Waals surface area contributed by atoms with Crippen molar-refractivity contribution in [1.82, 2.24) is 0 Å². The maximum Gasteiger partial charge on any atom is 1.00 e. The van der Waals surface area contributed by atoms with Crippen molar-refractivity contribution in [3.63, 3.8) is 0 Å². The van der Waals surface area contributed by atoms with Gasteiger partial charge in [0.1, 0.15) is 0 Å². The van der Waals surface area contributed by atoms with E-state index in [1.54, 1.807) is 0 Å². The Hall–Kier alpha value is 11.5. The van der Waals surface area contributed by atoms with Crippen molar-refractivity contribution in [2.45, 2.75) is 0 Å². The Morgan fingerprint density at radius 1 is 0.171 bits per heavy atom. The van der Waals surface area contributed by atoms with Gasteiger partial charge in [-0.1, -0.05) is 0 Å². The molecule has 0 unspecified atom stereocenters. The van der Waals surface area contributed by atoms with E-state index in [9.17, 15) is 0 Å². The molecule has 0 saturated heterocycles. The van der Waals surface area contributed by atoms with Gasteiger partial charge in [-0.3, -0.25) is 29.3 Å². The molecule has 14 N–H and O–H groups in total. The van der Waals surface area contributed by atoms with Crippen LogP contribution in [0.1, 0.15) is 0 Å². The maximum atomic E-state index is 8.42. The summed E-state index contributed by atoms with van der Waals surface area (Å²) >= 11 is 0. The van der Waals surface area contributed by atoms with Gasteiger partial charge in [-0.25, -0.2) is 0 Å². The molecule has 0 aliphatic heterocycles. The van der Waals surface area contributed by atoms with Gasteiger partial charge in [0.15, 0.2) is 0 Å². The normalized spacial score (nSPS) is 3.09. The van der Waals surface area contributed by atoms with Gasteiger partial charge >= 0.3 is 355 Å². The van der Waals surface area contributed by atoms with Crippen molar-refractivity contribution in [3.8, 4) is 0 Å². The summed E-state index contributed by atoms with van der Waals surface area (Å²) in [5, 5.41) is 101. The summed E-state index contributed by atoms with van der Waals surface area (Å²) in [5.74, 6) is 0. The largest absolute Gasteiger partial charge is 1.00 e. The molecule has 0 radical (unpaired) electrons. The SMILES string of the molecule is O.O.O.O.O.O.O.[Na+].[Na+].[Na+].[Na+].[Na+].[Na+].[Na+].[Na+].[Na+].[Na+].[Na+].[Na+].[O-]B([O-])[O-].[O-]B([O-])[O-].[O-]B([O-])[O-].[O-]B([O-])[O-]. The maximum absolute atomic E-state index is 8.42. The molecule has 0 atom stereocenters. The molecule has 152 valence electrons. The molecule has 0 aliphatic rings. The molecular weight excluding hydrogens is 623 g/mol. The van der Waals surface area contributed by atoms with Crippen molar-refractivity contribution >= 4 is 29.3 Å². The van der Waals surface area contributed by atoms with Gasteiger partial charge in [0, 0.05) is 0 Å². The van der Waals surface area contributed by atoms with Gasteiger partial charge in [-0.15, -0.1) is 0 Å². The van der Waals surface area contributed by atoms with Crippen LogP contribution in [0, 0.1) is 0 Å². The van der Waals surface area contributed by atoms with Gasteiger partial charge in [0.2, 0.25) is 0 Å². The molecule has 0 saturated carbocycles. The first-order valence-corrected chi connectivity index (χ1v) is 2.83.